The predicted molar refractivity (Wildman–Crippen MR) is 54.9 cm³/mol. The SMILES string of the molecule is NCCCCC(=O)N1CCCOCC1. The molecule has 0 saturated carbocycles. The summed E-state index contributed by atoms with van der Waals surface area (Å²) in [6.45, 7) is 3.74. The largest absolute Gasteiger partial charge is 0.380 e. The van der Waals surface area contributed by atoms with Gasteiger partial charge in [-0.1, -0.05) is 0 Å². The molecule has 14 heavy (non-hydrogen) atoms. The van der Waals surface area contributed by atoms with Gasteiger partial charge in [0.25, 0.3) is 0 Å². The van der Waals surface area contributed by atoms with Crippen molar-refractivity contribution < 1.29 is 9.53 Å². The number of carbonyl (C=O) groups is 1. The Bertz CT molecular complexity index is 166. The number of nitrogens with two attached hydrogens (primary N) is 1. The van der Waals surface area contributed by atoms with Gasteiger partial charge in [-0.15, -0.1) is 0 Å². The molecule has 0 bridgehead atoms. The first-order valence-corrected chi connectivity index (χ1v) is 5.40. The molecule has 0 aromatic heterocycles. The summed E-state index contributed by atoms with van der Waals surface area (Å²) in [6.07, 6.45) is 3.45. The van der Waals surface area contributed by atoms with Crippen LogP contribution in [0.15, 0.2) is 0 Å². The third-order valence-corrected chi connectivity index (χ3v) is 2.42. The summed E-state index contributed by atoms with van der Waals surface area (Å²) in [5.41, 5.74) is 5.37. The van der Waals surface area contributed by atoms with Crippen molar-refractivity contribution in [3.63, 3.8) is 0 Å². The molecule has 0 spiro atoms. The number of hydrogen-bond donors (Lipinski definition) is 1. The molecule has 0 unspecified atom stereocenters. The van der Waals surface area contributed by atoms with E-state index in [1.807, 2.05) is 4.90 Å². The number of amides is 1. The van der Waals surface area contributed by atoms with Crippen molar-refractivity contribution >= 4 is 5.91 Å². The molecular weight excluding hydrogens is 180 g/mol. The zero-order valence-electron chi connectivity index (χ0n) is 8.71. The zero-order chi connectivity index (χ0) is 10.2. The summed E-state index contributed by atoms with van der Waals surface area (Å²) in [7, 11) is 0. The monoisotopic (exact) mass is 200 g/mol. The lowest BCUT2D eigenvalue weighted by atomic mass is 10.2. The third kappa shape index (κ3) is 4.07. The van der Waals surface area contributed by atoms with E-state index in [9.17, 15) is 4.79 Å². The van der Waals surface area contributed by atoms with E-state index in [0.29, 0.717) is 19.6 Å². The Morgan fingerprint density at radius 1 is 1.29 bits per heavy atom. The van der Waals surface area contributed by atoms with Crippen LogP contribution in [-0.2, 0) is 9.53 Å². The number of carbonyl (C=O) groups excluding carboxylic acids is 1. The van der Waals surface area contributed by atoms with Gasteiger partial charge in [0.2, 0.25) is 5.91 Å². The van der Waals surface area contributed by atoms with E-state index >= 15 is 0 Å². The Morgan fingerprint density at radius 3 is 2.93 bits per heavy atom. The highest BCUT2D eigenvalue weighted by atomic mass is 16.5. The molecule has 0 aliphatic carbocycles. The van der Waals surface area contributed by atoms with E-state index in [2.05, 4.69) is 0 Å². The van der Waals surface area contributed by atoms with Crippen LogP contribution in [0.2, 0.25) is 0 Å². The lowest BCUT2D eigenvalue weighted by molar-refractivity contribution is -0.131. The van der Waals surface area contributed by atoms with Gasteiger partial charge in [0.05, 0.1) is 6.61 Å². The van der Waals surface area contributed by atoms with Gasteiger partial charge < -0.3 is 15.4 Å². The average molecular weight is 200 g/mol. The molecule has 1 rings (SSSR count). The fourth-order valence-corrected chi connectivity index (χ4v) is 1.57. The first kappa shape index (κ1) is 11.5. The highest BCUT2D eigenvalue weighted by Crippen LogP contribution is 2.04. The number of ether oxygens (including phenoxy) is 1. The van der Waals surface area contributed by atoms with Gasteiger partial charge in [0.1, 0.15) is 0 Å². The van der Waals surface area contributed by atoms with Gasteiger partial charge in [0, 0.05) is 26.1 Å². The zero-order valence-corrected chi connectivity index (χ0v) is 8.71. The lowest BCUT2D eigenvalue weighted by Crippen LogP contribution is -2.33. The van der Waals surface area contributed by atoms with Gasteiger partial charge in [-0.05, 0) is 25.8 Å². The molecule has 0 atom stereocenters. The van der Waals surface area contributed by atoms with Crippen LogP contribution in [0.1, 0.15) is 25.7 Å². The molecule has 0 radical (unpaired) electrons. The van der Waals surface area contributed by atoms with Gasteiger partial charge in [0.15, 0.2) is 0 Å². The minimum Gasteiger partial charge on any atom is -0.380 e. The molecule has 4 nitrogen and oxygen atoms in total. The Balaban J connectivity index is 2.20. The highest BCUT2D eigenvalue weighted by molar-refractivity contribution is 5.76. The van der Waals surface area contributed by atoms with Crippen molar-refractivity contribution in [1.29, 1.82) is 0 Å². The minimum absolute atomic E-state index is 0.254. The second-order valence-electron chi connectivity index (χ2n) is 3.59. The minimum atomic E-state index is 0.254. The Labute approximate surface area is 85.4 Å². The van der Waals surface area contributed by atoms with Crippen molar-refractivity contribution in [1.82, 2.24) is 4.90 Å². The normalized spacial score (nSPS) is 17.9. The molecule has 1 amide bonds. The van der Waals surface area contributed by atoms with E-state index in [1.54, 1.807) is 0 Å². The van der Waals surface area contributed by atoms with Crippen molar-refractivity contribution in [2.24, 2.45) is 5.73 Å². The van der Waals surface area contributed by atoms with Crippen molar-refractivity contribution in [2.45, 2.75) is 25.7 Å². The molecule has 4 heteroatoms. The van der Waals surface area contributed by atoms with E-state index in [4.69, 9.17) is 10.5 Å². The molecule has 1 aliphatic heterocycles. The van der Waals surface area contributed by atoms with Gasteiger partial charge >= 0.3 is 0 Å². The van der Waals surface area contributed by atoms with Crippen LogP contribution >= 0.6 is 0 Å². The molecule has 0 aromatic carbocycles. The number of nitrogens with zero attached hydrogens (tertiary/aromatic N) is 1. The van der Waals surface area contributed by atoms with E-state index in [0.717, 1.165) is 39.0 Å². The Hall–Kier alpha value is -0.610. The quantitative estimate of drug-likeness (QED) is 0.667. The van der Waals surface area contributed by atoms with Crippen LogP contribution in [0.5, 0.6) is 0 Å². The summed E-state index contributed by atoms with van der Waals surface area (Å²) in [6, 6.07) is 0. The van der Waals surface area contributed by atoms with Crippen molar-refractivity contribution in [3.05, 3.63) is 0 Å². The second kappa shape index (κ2) is 6.79. The van der Waals surface area contributed by atoms with Gasteiger partial charge in [-0.2, -0.15) is 0 Å². The highest BCUT2D eigenvalue weighted by Gasteiger charge is 2.14. The topological polar surface area (TPSA) is 55.6 Å². The van der Waals surface area contributed by atoms with Crippen LogP contribution in [-0.4, -0.2) is 43.7 Å². The molecular formula is C10H20N2O2. The Morgan fingerprint density at radius 2 is 2.14 bits per heavy atom. The summed E-state index contributed by atoms with van der Waals surface area (Å²) in [5, 5.41) is 0. The maximum Gasteiger partial charge on any atom is 0.222 e. The summed E-state index contributed by atoms with van der Waals surface area (Å²) in [4.78, 5) is 13.6. The maximum atomic E-state index is 11.7. The van der Waals surface area contributed by atoms with E-state index < -0.39 is 0 Å². The van der Waals surface area contributed by atoms with E-state index in [-0.39, 0.29) is 5.91 Å². The van der Waals surface area contributed by atoms with Crippen molar-refractivity contribution in [2.75, 3.05) is 32.8 Å². The molecule has 1 heterocycles. The van der Waals surface area contributed by atoms with Crippen LogP contribution in [0.4, 0.5) is 0 Å². The number of hydrogen-bond acceptors (Lipinski definition) is 3. The van der Waals surface area contributed by atoms with E-state index in [1.165, 1.54) is 0 Å². The van der Waals surface area contributed by atoms with Crippen LogP contribution in [0.3, 0.4) is 0 Å². The maximum absolute atomic E-state index is 11.7. The average Bonchev–Trinajstić information content (AvgIpc) is 2.46. The molecule has 1 aliphatic rings. The molecule has 2 N–H and O–H groups in total. The van der Waals surface area contributed by atoms with Gasteiger partial charge in [-0.3, -0.25) is 4.79 Å². The first-order chi connectivity index (χ1) is 6.84. The molecule has 1 fully saturated rings. The lowest BCUT2D eigenvalue weighted by Gasteiger charge is -2.19. The number of rotatable bonds is 4. The van der Waals surface area contributed by atoms with Gasteiger partial charge in [-0.25, -0.2) is 0 Å². The van der Waals surface area contributed by atoms with Crippen molar-refractivity contribution in [3.8, 4) is 0 Å². The molecule has 82 valence electrons. The fourth-order valence-electron chi connectivity index (χ4n) is 1.57. The second-order valence-corrected chi connectivity index (χ2v) is 3.59. The molecule has 0 aromatic rings. The Kier molecular flexibility index (Phi) is 5.56. The first-order valence-electron chi connectivity index (χ1n) is 5.40. The molecule has 1 saturated heterocycles. The summed E-state index contributed by atoms with van der Waals surface area (Å²) in [5.74, 6) is 0.254. The van der Waals surface area contributed by atoms with Crippen LogP contribution < -0.4 is 5.73 Å². The smallest absolute Gasteiger partial charge is 0.222 e. The summed E-state index contributed by atoms with van der Waals surface area (Å²) < 4.78 is 5.29. The number of unbranched alkanes of at least 4 members (excludes halogenated alkanes) is 1. The fraction of sp³-hybridized carbons (Fsp3) is 0.900. The predicted octanol–water partition coefficient (Wildman–Crippen LogP) is 0.364. The standard InChI is InChI=1S/C10H20N2O2/c11-5-2-1-4-10(13)12-6-3-8-14-9-7-12/h1-9,11H2. The summed E-state index contributed by atoms with van der Waals surface area (Å²) >= 11 is 0. The van der Waals surface area contributed by atoms with Crippen LogP contribution in [0.25, 0.3) is 0 Å². The van der Waals surface area contributed by atoms with Crippen LogP contribution in [0, 0.1) is 0 Å². The third-order valence-electron chi connectivity index (χ3n) is 2.42.